The Balaban J connectivity index is 1.94. The summed E-state index contributed by atoms with van der Waals surface area (Å²) in [6.07, 6.45) is 1.08. The first-order valence-electron chi connectivity index (χ1n) is 8.79. The third kappa shape index (κ3) is 6.45. The van der Waals surface area contributed by atoms with Crippen molar-refractivity contribution in [3.8, 4) is 11.5 Å². The minimum Gasteiger partial charge on any atom is -0.497 e. The lowest BCUT2D eigenvalue weighted by Gasteiger charge is -2.23. The number of aryl methyl sites for hydroxylation is 1. The van der Waals surface area contributed by atoms with Crippen LogP contribution in [0.1, 0.15) is 12.5 Å². The summed E-state index contributed by atoms with van der Waals surface area (Å²) >= 11 is 0. The minimum absolute atomic E-state index is 0.251. The fraction of sp³-hybridized carbons (Fsp3) is 0.350. The molecule has 1 amide bonds. The van der Waals surface area contributed by atoms with Gasteiger partial charge in [-0.1, -0.05) is 12.1 Å². The molecule has 0 heterocycles. The van der Waals surface area contributed by atoms with E-state index in [1.165, 1.54) is 0 Å². The number of rotatable bonds is 9. The molecule has 0 radical (unpaired) electrons. The molecule has 0 bridgehead atoms. The Morgan fingerprint density at radius 1 is 1.14 bits per heavy atom. The third-order valence-electron chi connectivity index (χ3n) is 3.94. The zero-order valence-corrected chi connectivity index (χ0v) is 17.3. The molecule has 2 aromatic rings. The van der Waals surface area contributed by atoms with Gasteiger partial charge in [-0.05, 0) is 55.8 Å². The summed E-state index contributed by atoms with van der Waals surface area (Å²) < 4.78 is 36.1. The predicted octanol–water partition coefficient (Wildman–Crippen LogP) is 2.35. The van der Waals surface area contributed by atoms with E-state index in [4.69, 9.17) is 9.47 Å². The normalized spacial score (nSPS) is 12.1. The Bertz CT molecular complexity index is 897. The first kappa shape index (κ1) is 21.6. The van der Waals surface area contributed by atoms with E-state index in [1.807, 2.05) is 13.0 Å². The van der Waals surface area contributed by atoms with Gasteiger partial charge in [0.2, 0.25) is 15.9 Å². The molecule has 0 aliphatic rings. The van der Waals surface area contributed by atoms with E-state index in [1.54, 1.807) is 56.5 Å². The van der Waals surface area contributed by atoms with E-state index in [0.717, 1.165) is 21.9 Å². The van der Waals surface area contributed by atoms with Gasteiger partial charge in [-0.15, -0.1) is 0 Å². The van der Waals surface area contributed by atoms with Crippen LogP contribution in [-0.4, -0.2) is 46.9 Å². The summed E-state index contributed by atoms with van der Waals surface area (Å²) in [7, 11) is -2.01. The molecule has 1 N–H and O–H groups in total. The van der Waals surface area contributed by atoms with Gasteiger partial charge in [0.25, 0.3) is 0 Å². The van der Waals surface area contributed by atoms with Gasteiger partial charge in [0.1, 0.15) is 24.7 Å². The molecule has 8 heteroatoms. The van der Waals surface area contributed by atoms with Crippen LogP contribution in [0.4, 0.5) is 5.69 Å². The largest absolute Gasteiger partial charge is 0.497 e. The van der Waals surface area contributed by atoms with Gasteiger partial charge < -0.3 is 14.8 Å². The van der Waals surface area contributed by atoms with Gasteiger partial charge in [0.05, 0.1) is 25.1 Å². The molecule has 0 unspecified atom stereocenters. The van der Waals surface area contributed by atoms with E-state index in [9.17, 15) is 13.2 Å². The van der Waals surface area contributed by atoms with Gasteiger partial charge in [-0.25, -0.2) is 8.42 Å². The molecule has 0 fully saturated rings. The van der Waals surface area contributed by atoms with Gasteiger partial charge in [0.15, 0.2) is 0 Å². The fourth-order valence-electron chi connectivity index (χ4n) is 2.57. The number of nitrogens with zero attached hydrogens (tertiary/aromatic N) is 1. The Hall–Kier alpha value is -2.74. The number of methoxy groups -OCH3 is 1. The van der Waals surface area contributed by atoms with Crippen molar-refractivity contribution in [1.29, 1.82) is 0 Å². The number of anilines is 1. The number of nitrogens with one attached hydrogen (secondary N) is 1. The molecule has 0 saturated heterocycles. The summed E-state index contributed by atoms with van der Waals surface area (Å²) in [6.45, 7) is 3.61. The standard InChI is InChI=1S/C20H26N2O5S/c1-15-6-5-7-17(12-15)22(28(4,24)25)13-20(23)21-16(2)14-27-19-10-8-18(26-3)9-11-19/h5-12,16H,13-14H2,1-4H3,(H,21,23)/t16-/m1/s1. The maximum Gasteiger partial charge on any atom is 0.241 e. The third-order valence-corrected chi connectivity index (χ3v) is 5.08. The van der Waals surface area contributed by atoms with Crippen molar-refractivity contribution >= 4 is 21.6 Å². The minimum atomic E-state index is -3.60. The van der Waals surface area contributed by atoms with E-state index in [0.29, 0.717) is 11.4 Å². The monoisotopic (exact) mass is 406 g/mol. The molecule has 0 aliphatic heterocycles. The highest BCUT2D eigenvalue weighted by molar-refractivity contribution is 7.92. The first-order chi connectivity index (χ1) is 13.2. The Kier molecular flexibility index (Phi) is 7.28. The summed E-state index contributed by atoms with van der Waals surface area (Å²) in [5.74, 6) is 0.975. The molecule has 0 aliphatic carbocycles. The van der Waals surface area contributed by atoms with E-state index in [-0.39, 0.29) is 19.2 Å². The number of benzene rings is 2. The fourth-order valence-corrected chi connectivity index (χ4v) is 3.42. The highest BCUT2D eigenvalue weighted by Crippen LogP contribution is 2.19. The van der Waals surface area contributed by atoms with E-state index < -0.39 is 15.9 Å². The van der Waals surface area contributed by atoms with Crippen molar-refractivity contribution in [3.05, 3.63) is 54.1 Å². The highest BCUT2D eigenvalue weighted by Gasteiger charge is 2.21. The summed E-state index contributed by atoms with van der Waals surface area (Å²) in [5, 5.41) is 2.76. The maximum absolute atomic E-state index is 12.4. The molecule has 0 saturated carbocycles. The van der Waals surface area contributed by atoms with Crippen molar-refractivity contribution in [1.82, 2.24) is 5.32 Å². The van der Waals surface area contributed by atoms with Crippen LogP contribution >= 0.6 is 0 Å². The zero-order valence-electron chi connectivity index (χ0n) is 16.5. The number of amides is 1. The highest BCUT2D eigenvalue weighted by atomic mass is 32.2. The molecule has 7 nitrogen and oxygen atoms in total. The smallest absolute Gasteiger partial charge is 0.241 e. The molecule has 28 heavy (non-hydrogen) atoms. The number of carbonyl (C=O) groups excluding carboxylic acids is 1. The maximum atomic E-state index is 12.4. The molecular formula is C20H26N2O5S. The summed E-state index contributed by atoms with van der Waals surface area (Å²) in [4.78, 5) is 12.4. The number of sulfonamides is 1. The second-order valence-electron chi connectivity index (χ2n) is 6.56. The number of ether oxygens (including phenoxy) is 2. The first-order valence-corrected chi connectivity index (χ1v) is 10.6. The molecule has 0 spiro atoms. The molecule has 0 aromatic heterocycles. The Labute approximate surface area is 166 Å². The van der Waals surface area contributed by atoms with Crippen LogP contribution in [0.25, 0.3) is 0 Å². The molecule has 2 rings (SSSR count). The second-order valence-corrected chi connectivity index (χ2v) is 8.47. The molecule has 2 aromatic carbocycles. The van der Waals surface area contributed by atoms with Crippen molar-refractivity contribution in [2.45, 2.75) is 19.9 Å². The number of hydrogen-bond donors (Lipinski definition) is 1. The topological polar surface area (TPSA) is 84.9 Å². The Morgan fingerprint density at radius 3 is 2.36 bits per heavy atom. The van der Waals surface area contributed by atoms with E-state index >= 15 is 0 Å². The molecular weight excluding hydrogens is 380 g/mol. The lowest BCUT2D eigenvalue weighted by Crippen LogP contribution is -2.44. The lowest BCUT2D eigenvalue weighted by molar-refractivity contribution is -0.120. The van der Waals surface area contributed by atoms with Crippen LogP contribution in [-0.2, 0) is 14.8 Å². The average Bonchev–Trinajstić information content (AvgIpc) is 2.64. The van der Waals surface area contributed by atoms with Gasteiger partial charge in [-0.3, -0.25) is 9.10 Å². The van der Waals surface area contributed by atoms with Crippen LogP contribution in [0.3, 0.4) is 0 Å². The van der Waals surface area contributed by atoms with Gasteiger partial charge in [-0.2, -0.15) is 0 Å². The molecule has 152 valence electrons. The second kappa shape index (κ2) is 9.45. The van der Waals surface area contributed by atoms with Gasteiger partial charge in [0, 0.05) is 0 Å². The number of hydrogen-bond acceptors (Lipinski definition) is 5. The van der Waals surface area contributed by atoms with Crippen LogP contribution in [0.15, 0.2) is 48.5 Å². The van der Waals surface area contributed by atoms with Crippen molar-refractivity contribution in [2.24, 2.45) is 0 Å². The number of carbonyl (C=O) groups is 1. The van der Waals surface area contributed by atoms with Gasteiger partial charge >= 0.3 is 0 Å². The van der Waals surface area contributed by atoms with Crippen LogP contribution in [0.2, 0.25) is 0 Å². The zero-order chi connectivity index (χ0) is 20.7. The van der Waals surface area contributed by atoms with Crippen LogP contribution in [0.5, 0.6) is 11.5 Å². The van der Waals surface area contributed by atoms with Crippen molar-refractivity contribution in [3.63, 3.8) is 0 Å². The van der Waals surface area contributed by atoms with E-state index in [2.05, 4.69) is 5.32 Å². The lowest BCUT2D eigenvalue weighted by atomic mass is 10.2. The van der Waals surface area contributed by atoms with Crippen LogP contribution < -0.4 is 19.1 Å². The molecule has 1 atom stereocenters. The quantitative estimate of drug-likeness (QED) is 0.691. The Morgan fingerprint density at radius 2 is 1.79 bits per heavy atom. The van der Waals surface area contributed by atoms with Crippen molar-refractivity contribution < 1.29 is 22.7 Å². The average molecular weight is 407 g/mol. The summed E-state index contributed by atoms with van der Waals surface area (Å²) in [5.41, 5.74) is 1.37. The van der Waals surface area contributed by atoms with Crippen LogP contribution in [0, 0.1) is 6.92 Å². The predicted molar refractivity (Wildman–Crippen MR) is 109 cm³/mol. The van der Waals surface area contributed by atoms with Crippen molar-refractivity contribution in [2.75, 3.05) is 30.8 Å². The SMILES string of the molecule is COc1ccc(OC[C@@H](C)NC(=O)CN(c2cccc(C)c2)S(C)(=O)=O)cc1. The summed E-state index contributed by atoms with van der Waals surface area (Å²) in [6, 6.07) is 13.8.